The highest BCUT2D eigenvalue weighted by molar-refractivity contribution is 7.93. The normalized spacial score (nSPS) is 14.5. The summed E-state index contributed by atoms with van der Waals surface area (Å²) >= 11 is 0. The SMILES string of the molecule is Cc1ccc(S(=O)(=O)N2CCN(S(=O)(=O)c3ccc(C)cc3)c3c2[nH]c2ccccc32)cc1. The lowest BCUT2D eigenvalue weighted by Gasteiger charge is -2.35. The fraction of sp³-hybridized carbons (Fsp3) is 0.167. The lowest BCUT2D eigenvalue weighted by atomic mass is 10.2. The standard InChI is InChI=1S/C24H23N3O4S2/c1-17-7-11-19(12-8-17)32(28,29)26-15-16-27(33(30,31)20-13-9-18(2)10-14-20)24-23(26)21-5-3-4-6-22(21)25-24/h3-14,25H,15-16H2,1-2H3. The van der Waals surface area contributed by atoms with Crippen molar-refractivity contribution in [3.63, 3.8) is 0 Å². The molecule has 0 radical (unpaired) electrons. The number of aryl methyl sites for hydroxylation is 2. The first kappa shape index (κ1) is 21.5. The van der Waals surface area contributed by atoms with Crippen molar-refractivity contribution in [2.45, 2.75) is 23.6 Å². The molecular weight excluding hydrogens is 458 g/mol. The van der Waals surface area contributed by atoms with Gasteiger partial charge in [0, 0.05) is 10.9 Å². The number of benzene rings is 3. The summed E-state index contributed by atoms with van der Waals surface area (Å²) < 4.78 is 56.9. The number of sulfonamides is 2. The van der Waals surface area contributed by atoms with Gasteiger partial charge in [0.2, 0.25) is 0 Å². The van der Waals surface area contributed by atoms with Gasteiger partial charge in [-0.15, -0.1) is 0 Å². The maximum Gasteiger partial charge on any atom is 0.265 e. The highest BCUT2D eigenvalue weighted by Crippen LogP contribution is 2.44. The van der Waals surface area contributed by atoms with Crippen LogP contribution in [-0.4, -0.2) is 34.9 Å². The Balaban J connectivity index is 1.69. The number of hydrogen-bond acceptors (Lipinski definition) is 4. The summed E-state index contributed by atoms with van der Waals surface area (Å²) in [4.78, 5) is 3.48. The average Bonchev–Trinajstić information content (AvgIpc) is 3.18. The van der Waals surface area contributed by atoms with Crippen molar-refractivity contribution in [2.24, 2.45) is 0 Å². The van der Waals surface area contributed by atoms with Crippen molar-refractivity contribution in [2.75, 3.05) is 21.7 Å². The van der Waals surface area contributed by atoms with Crippen molar-refractivity contribution in [3.8, 4) is 0 Å². The molecule has 0 unspecified atom stereocenters. The van der Waals surface area contributed by atoms with E-state index in [4.69, 9.17) is 0 Å². The van der Waals surface area contributed by atoms with Gasteiger partial charge in [0.15, 0.2) is 0 Å². The molecule has 1 aliphatic rings. The smallest absolute Gasteiger partial charge is 0.265 e. The molecule has 1 aromatic heterocycles. The second-order valence-corrected chi connectivity index (χ2v) is 11.9. The Kier molecular flexibility index (Phi) is 4.98. The molecule has 5 rings (SSSR count). The summed E-state index contributed by atoms with van der Waals surface area (Å²) in [5, 5.41) is 0.645. The van der Waals surface area contributed by atoms with Crippen LogP contribution in [0.4, 0.5) is 11.5 Å². The van der Waals surface area contributed by atoms with Crippen molar-refractivity contribution in [1.82, 2.24) is 4.98 Å². The van der Waals surface area contributed by atoms with E-state index in [1.165, 1.54) is 8.61 Å². The maximum atomic E-state index is 13.6. The Morgan fingerprint density at radius 3 is 1.73 bits per heavy atom. The Morgan fingerprint density at radius 2 is 1.15 bits per heavy atom. The lowest BCUT2D eigenvalue weighted by molar-refractivity contribution is 0.581. The summed E-state index contributed by atoms with van der Waals surface area (Å²) in [5.74, 6) is 0.249. The van der Waals surface area contributed by atoms with Crippen LogP contribution in [0.2, 0.25) is 0 Å². The highest BCUT2D eigenvalue weighted by Gasteiger charge is 2.39. The van der Waals surface area contributed by atoms with Crippen LogP contribution in [0, 0.1) is 13.8 Å². The fourth-order valence-electron chi connectivity index (χ4n) is 4.11. The van der Waals surface area contributed by atoms with Gasteiger partial charge in [0.05, 0.1) is 22.9 Å². The second kappa shape index (κ2) is 7.64. The molecule has 7 nitrogen and oxygen atoms in total. The minimum Gasteiger partial charge on any atom is -0.339 e. The van der Waals surface area contributed by atoms with Gasteiger partial charge < -0.3 is 4.98 Å². The number of aromatic nitrogens is 1. The van der Waals surface area contributed by atoms with Crippen molar-refractivity contribution in [3.05, 3.63) is 83.9 Å². The van der Waals surface area contributed by atoms with E-state index in [1.54, 1.807) is 66.7 Å². The number of nitrogens with one attached hydrogen (secondary N) is 1. The van der Waals surface area contributed by atoms with E-state index in [-0.39, 0.29) is 28.7 Å². The van der Waals surface area contributed by atoms with Crippen LogP contribution < -0.4 is 8.61 Å². The molecule has 3 aromatic carbocycles. The highest BCUT2D eigenvalue weighted by atomic mass is 32.2. The van der Waals surface area contributed by atoms with Gasteiger partial charge in [-0.2, -0.15) is 0 Å². The van der Waals surface area contributed by atoms with Crippen LogP contribution in [0.15, 0.2) is 82.6 Å². The topological polar surface area (TPSA) is 90.6 Å². The van der Waals surface area contributed by atoms with Crippen LogP contribution >= 0.6 is 0 Å². The first-order chi connectivity index (χ1) is 15.7. The molecule has 33 heavy (non-hydrogen) atoms. The van der Waals surface area contributed by atoms with Crippen LogP contribution in [0.25, 0.3) is 10.9 Å². The van der Waals surface area contributed by atoms with Crippen molar-refractivity contribution < 1.29 is 16.8 Å². The number of rotatable bonds is 4. The molecule has 4 aromatic rings. The zero-order chi connectivity index (χ0) is 23.4. The third-order valence-electron chi connectivity index (χ3n) is 5.88. The van der Waals surface area contributed by atoms with Gasteiger partial charge in [-0.05, 0) is 44.2 Å². The molecule has 9 heteroatoms. The van der Waals surface area contributed by atoms with Crippen molar-refractivity contribution in [1.29, 1.82) is 0 Å². The summed E-state index contributed by atoms with van der Waals surface area (Å²) in [7, 11) is -7.80. The van der Waals surface area contributed by atoms with E-state index >= 15 is 0 Å². The molecule has 0 saturated heterocycles. The van der Waals surface area contributed by atoms with Gasteiger partial charge in [-0.25, -0.2) is 21.1 Å². The molecule has 1 N–H and O–H groups in total. The maximum absolute atomic E-state index is 13.6. The summed E-state index contributed by atoms with van der Waals surface area (Å²) in [6.07, 6.45) is 0. The third kappa shape index (κ3) is 3.48. The number of para-hydroxylation sites is 1. The molecule has 2 heterocycles. The number of aromatic amines is 1. The number of H-pyrrole nitrogens is 1. The molecule has 1 aliphatic heterocycles. The van der Waals surface area contributed by atoms with E-state index in [9.17, 15) is 16.8 Å². The van der Waals surface area contributed by atoms with Gasteiger partial charge in [-0.1, -0.05) is 53.6 Å². The fourth-order valence-corrected chi connectivity index (χ4v) is 7.02. The van der Waals surface area contributed by atoms with Gasteiger partial charge in [-0.3, -0.25) is 4.31 Å². The predicted molar refractivity (Wildman–Crippen MR) is 130 cm³/mol. The molecule has 170 valence electrons. The molecule has 0 saturated carbocycles. The first-order valence-electron chi connectivity index (χ1n) is 10.5. The number of nitrogens with zero attached hydrogens (tertiary/aromatic N) is 2. The van der Waals surface area contributed by atoms with Gasteiger partial charge >= 0.3 is 0 Å². The number of hydrogen-bond donors (Lipinski definition) is 1. The third-order valence-corrected chi connectivity index (χ3v) is 9.51. The van der Waals surface area contributed by atoms with Crippen LogP contribution in [0.5, 0.6) is 0 Å². The van der Waals surface area contributed by atoms with E-state index < -0.39 is 20.0 Å². The van der Waals surface area contributed by atoms with Crippen molar-refractivity contribution >= 4 is 42.5 Å². The Bertz CT molecular complexity index is 1560. The molecular formula is C24H23N3O4S2. The van der Waals surface area contributed by atoms with E-state index in [1.807, 2.05) is 19.9 Å². The number of anilines is 2. The zero-order valence-corrected chi connectivity index (χ0v) is 19.8. The molecule has 0 spiro atoms. The Morgan fingerprint density at radius 1 is 0.667 bits per heavy atom. The Labute approximate surface area is 193 Å². The molecule has 0 atom stereocenters. The van der Waals surface area contributed by atoms with Crippen LogP contribution in [0.1, 0.15) is 11.1 Å². The Hall–Kier alpha value is -3.30. The minimum atomic E-state index is -3.90. The molecule has 0 bridgehead atoms. The van der Waals surface area contributed by atoms with E-state index in [2.05, 4.69) is 4.98 Å². The lowest BCUT2D eigenvalue weighted by Crippen LogP contribution is -2.46. The quantitative estimate of drug-likeness (QED) is 0.473. The van der Waals surface area contributed by atoms with Crippen LogP contribution in [-0.2, 0) is 20.0 Å². The summed E-state index contributed by atoms with van der Waals surface area (Å²) in [6.45, 7) is 3.76. The summed E-state index contributed by atoms with van der Waals surface area (Å²) in [5.41, 5.74) is 2.91. The molecule has 0 fully saturated rings. The van der Waals surface area contributed by atoms with E-state index in [0.717, 1.165) is 11.1 Å². The monoisotopic (exact) mass is 481 g/mol. The van der Waals surface area contributed by atoms with Gasteiger partial charge in [0.25, 0.3) is 20.0 Å². The minimum absolute atomic E-state index is 0.00382. The first-order valence-corrected chi connectivity index (χ1v) is 13.4. The van der Waals surface area contributed by atoms with Gasteiger partial charge in [0.1, 0.15) is 11.5 Å². The second-order valence-electron chi connectivity index (χ2n) is 8.15. The zero-order valence-electron chi connectivity index (χ0n) is 18.2. The summed E-state index contributed by atoms with van der Waals surface area (Å²) in [6, 6.07) is 20.5. The predicted octanol–water partition coefficient (Wildman–Crippen LogP) is 4.19. The average molecular weight is 482 g/mol. The largest absolute Gasteiger partial charge is 0.339 e. The van der Waals surface area contributed by atoms with E-state index in [0.29, 0.717) is 16.6 Å². The molecule has 0 aliphatic carbocycles. The van der Waals surface area contributed by atoms with Crippen LogP contribution in [0.3, 0.4) is 0 Å². The number of fused-ring (bicyclic) bond motifs is 3. The molecule has 0 amide bonds.